The summed E-state index contributed by atoms with van der Waals surface area (Å²) in [6.45, 7) is 1.03. The first-order valence-corrected chi connectivity index (χ1v) is 8.67. The maximum Gasteiger partial charge on any atom is 1.00 e. The third-order valence-electron chi connectivity index (χ3n) is 2.97. The number of aromatic carboxylic acids is 1. The Morgan fingerprint density at radius 2 is 1.96 bits per heavy atom. The van der Waals surface area contributed by atoms with E-state index in [-0.39, 0.29) is 62.9 Å². The molecular formula is C13H16ClNaO8S. The van der Waals surface area contributed by atoms with Gasteiger partial charge in [0, 0.05) is 18.2 Å². The number of hydrogen-bond acceptors (Lipinski definition) is 7. The summed E-state index contributed by atoms with van der Waals surface area (Å²) in [6.07, 6.45) is 0.910. The van der Waals surface area contributed by atoms with E-state index in [4.69, 9.17) is 25.8 Å². The molecule has 1 aliphatic rings. The molecule has 0 unspecified atom stereocenters. The van der Waals surface area contributed by atoms with E-state index in [0.717, 1.165) is 18.4 Å². The molecule has 1 aliphatic heterocycles. The number of rotatable bonds is 6. The number of carbonyl (C=O) groups excluding carboxylic acids is 1. The summed E-state index contributed by atoms with van der Waals surface area (Å²) in [5, 5.41) is 10.7. The molecule has 8 nitrogen and oxygen atoms in total. The average molecular weight is 391 g/mol. The van der Waals surface area contributed by atoms with Gasteiger partial charge in [0.1, 0.15) is 4.90 Å². The molecule has 1 fully saturated rings. The van der Waals surface area contributed by atoms with Crippen LogP contribution in [0.2, 0.25) is 5.02 Å². The normalized spacial score (nSPS) is 14.6. The van der Waals surface area contributed by atoms with Crippen LogP contribution in [-0.2, 0) is 19.3 Å². The van der Waals surface area contributed by atoms with Crippen LogP contribution in [0.5, 0.6) is 5.75 Å². The number of benzene rings is 1. The number of carboxylic acids is 1. The Kier molecular flexibility index (Phi) is 9.77. The van der Waals surface area contributed by atoms with Gasteiger partial charge < -0.3 is 29.6 Å². The van der Waals surface area contributed by atoms with Gasteiger partial charge in [0.05, 0.1) is 30.8 Å². The topological polar surface area (TPSA) is 133 Å². The Labute approximate surface area is 166 Å². The Hall–Kier alpha value is -0.390. The summed E-state index contributed by atoms with van der Waals surface area (Å²) in [5.74, 6) is -1.72. The smallest absolute Gasteiger partial charge is 0.545 e. The molecule has 1 heterocycles. The van der Waals surface area contributed by atoms with Crippen LogP contribution >= 0.6 is 11.6 Å². The van der Waals surface area contributed by atoms with Gasteiger partial charge in [-0.25, -0.2) is 8.42 Å². The minimum Gasteiger partial charge on any atom is -0.545 e. The van der Waals surface area contributed by atoms with E-state index in [0.29, 0.717) is 19.6 Å². The number of halogens is 1. The zero-order chi connectivity index (χ0) is 16.3. The van der Waals surface area contributed by atoms with Crippen molar-refractivity contribution >= 4 is 27.4 Å². The van der Waals surface area contributed by atoms with Crippen molar-refractivity contribution in [1.82, 2.24) is 0 Å². The molecule has 130 valence electrons. The SMILES string of the molecule is CS(=O)(=O)c1ccc(C(=O)[O-])c(Cl)c1OCCC1OCCO1.O.[Na+]. The van der Waals surface area contributed by atoms with Crippen LogP contribution in [0.3, 0.4) is 0 Å². The molecule has 11 heteroatoms. The van der Waals surface area contributed by atoms with Crippen LogP contribution < -0.4 is 39.4 Å². The second-order valence-corrected chi connectivity index (χ2v) is 6.98. The molecule has 0 amide bonds. The van der Waals surface area contributed by atoms with E-state index in [9.17, 15) is 18.3 Å². The molecule has 0 aliphatic carbocycles. The Bertz CT molecular complexity index is 673. The molecule has 1 aromatic carbocycles. The van der Waals surface area contributed by atoms with Crippen molar-refractivity contribution in [3.05, 3.63) is 22.7 Å². The number of sulfone groups is 1. The van der Waals surface area contributed by atoms with Crippen molar-refractivity contribution in [1.29, 1.82) is 0 Å². The molecule has 1 saturated heterocycles. The number of carbonyl (C=O) groups is 1. The second kappa shape index (κ2) is 9.93. The Morgan fingerprint density at radius 3 is 2.46 bits per heavy atom. The number of carboxylic acid groups (broad SMARTS) is 1. The van der Waals surface area contributed by atoms with E-state index in [1.165, 1.54) is 0 Å². The average Bonchev–Trinajstić information content (AvgIpc) is 2.91. The summed E-state index contributed by atoms with van der Waals surface area (Å²) in [6, 6.07) is 2.20. The molecule has 0 atom stereocenters. The maximum atomic E-state index is 11.8. The van der Waals surface area contributed by atoms with Crippen LogP contribution in [0.1, 0.15) is 16.8 Å². The first-order valence-electron chi connectivity index (χ1n) is 6.40. The van der Waals surface area contributed by atoms with E-state index in [2.05, 4.69) is 0 Å². The quantitative estimate of drug-likeness (QED) is 0.459. The van der Waals surface area contributed by atoms with Crippen molar-refractivity contribution in [3.8, 4) is 5.75 Å². The standard InChI is InChI=1S/C13H15ClO7S.Na.H2O/c1-22(17,18)9-3-2-8(13(15)16)11(14)12(9)21-5-4-10-19-6-7-20-10;;/h2-3,10H,4-7H2,1H3,(H,15,16);;1H2/q;+1;/p-1. The van der Waals surface area contributed by atoms with E-state index in [1.54, 1.807) is 0 Å². The van der Waals surface area contributed by atoms with Gasteiger partial charge in [-0.15, -0.1) is 0 Å². The molecule has 0 saturated carbocycles. The fraction of sp³-hybridized carbons (Fsp3) is 0.462. The van der Waals surface area contributed by atoms with Crippen LogP contribution in [0, 0.1) is 0 Å². The predicted molar refractivity (Wildman–Crippen MR) is 78.3 cm³/mol. The van der Waals surface area contributed by atoms with Gasteiger partial charge in [0.2, 0.25) is 0 Å². The molecule has 1 aromatic rings. The molecule has 0 aromatic heterocycles. The molecule has 0 spiro atoms. The Morgan fingerprint density at radius 1 is 1.38 bits per heavy atom. The predicted octanol–water partition coefficient (Wildman–Crippen LogP) is -3.57. The summed E-state index contributed by atoms with van der Waals surface area (Å²) in [5.41, 5.74) is -0.336. The van der Waals surface area contributed by atoms with Crippen molar-refractivity contribution < 1.29 is 67.6 Å². The van der Waals surface area contributed by atoms with Gasteiger partial charge in [-0.3, -0.25) is 0 Å². The van der Waals surface area contributed by atoms with Crippen molar-refractivity contribution in [3.63, 3.8) is 0 Å². The van der Waals surface area contributed by atoms with E-state index < -0.39 is 22.1 Å². The molecule has 0 bridgehead atoms. The first-order chi connectivity index (χ1) is 10.3. The minimum atomic E-state index is -3.63. The first kappa shape index (κ1) is 23.6. The van der Waals surface area contributed by atoms with Gasteiger partial charge in [-0.2, -0.15) is 0 Å². The second-order valence-electron chi connectivity index (χ2n) is 4.62. The van der Waals surface area contributed by atoms with Crippen LogP contribution in [0.4, 0.5) is 0 Å². The van der Waals surface area contributed by atoms with Crippen LogP contribution in [0.15, 0.2) is 17.0 Å². The van der Waals surface area contributed by atoms with E-state index in [1.807, 2.05) is 0 Å². The van der Waals surface area contributed by atoms with E-state index >= 15 is 0 Å². The van der Waals surface area contributed by atoms with Crippen molar-refractivity contribution in [2.24, 2.45) is 0 Å². The van der Waals surface area contributed by atoms with Gasteiger partial charge in [-0.1, -0.05) is 17.7 Å². The van der Waals surface area contributed by atoms with Crippen LogP contribution in [-0.4, -0.2) is 52.2 Å². The van der Waals surface area contributed by atoms with Gasteiger partial charge >= 0.3 is 29.6 Å². The molecule has 2 rings (SSSR count). The zero-order valence-corrected chi connectivity index (χ0v) is 16.8. The third kappa shape index (κ3) is 5.85. The molecule has 0 radical (unpaired) electrons. The largest absolute Gasteiger partial charge is 1.00 e. The van der Waals surface area contributed by atoms with Crippen molar-refractivity contribution in [2.75, 3.05) is 26.1 Å². The van der Waals surface area contributed by atoms with Gasteiger partial charge in [-0.05, 0) is 6.07 Å². The van der Waals surface area contributed by atoms with Gasteiger partial charge in [0.25, 0.3) is 0 Å². The summed E-state index contributed by atoms with van der Waals surface area (Å²) >= 11 is 5.94. The number of ether oxygens (including phenoxy) is 3. The maximum absolute atomic E-state index is 11.8. The fourth-order valence-electron chi connectivity index (χ4n) is 1.95. The van der Waals surface area contributed by atoms with Crippen molar-refractivity contribution in [2.45, 2.75) is 17.6 Å². The summed E-state index contributed by atoms with van der Waals surface area (Å²) in [7, 11) is -3.63. The zero-order valence-electron chi connectivity index (χ0n) is 13.2. The number of hydrogen-bond donors (Lipinski definition) is 0. The summed E-state index contributed by atoms with van der Waals surface area (Å²) in [4.78, 5) is 10.8. The monoisotopic (exact) mass is 390 g/mol. The molecule has 2 N–H and O–H groups in total. The third-order valence-corrected chi connectivity index (χ3v) is 4.47. The molecule has 24 heavy (non-hydrogen) atoms. The van der Waals surface area contributed by atoms with Crippen LogP contribution in [0.25, 0.3) is 0 Å². The summed E-state index contributed by atoms with van der Waals surface area (Å²) < 4.78 is 39.3. The Balaban J connectivity index is 0.00000264. The fourth-order valence-corrected chi connectivity index (χ4v) is 3.12. The van der Waals surface area contributed by atoms with Gasteiger partial charge in [0.15, 0.2) is 21.9 Å². The minimum absolute atomic E-state index is 0. The molecular weight excluding hydrogens is 375 g/mol.